The molecule has 0 aromatic carbocycles. The lowest BCUT2D eigenvalue weighted by atomic mass is 10.2. The van der Waals surface area contributed by atoms with Crippen LogP contribution in [0, 0.1) is 0 Å². The van der Waals surface area contributed by atoms with Crippen LogP contribution in [0.15, 0.2) is 0 Å². The normalized spacial score (nSPS) is 28.9. The lowest BCUT2D eigenvalue weighted by Crippen LogP contribution is -2.27. The summed E-state index contributed by atoms with van der Waals surface area (Å²) in [5.74, 6) is 0. The molecule has 50 valence electrons. The van der Waals surface area contributed by atoms with E-state index in [1.807, 2.05) is 0 Å². The summed E-state index contributed by atoms with van der Waals surface area (Å²) in [6, 6.07) is 0. The molecular weight excluding hydrogens is 126 g/mol. The molecule has 0 aromatic heterocycles. The van der Waals surface area contributed by atoms with Gasteiger partial charge in [0.05, 0.1) is 0 Å². The summed E-state index contributed by atoms with van der Waals surface area (Å²) in [4.78, 5) is 0. The molecule has 1 fully saturated rings. The van der Waals surface area contributed by atoms with Crippen LogP contribution in [-0.2, 0) is 4.74 Å². The SMILES string of the molecule is Cl.NC1CCCCO1. The lowest BCUT2D eigenvalue weighted by Gasteiger charge is -2.17. The van der Waals surface area contributed by atoms with Gasteiger partial charge in [-0.15, -0.1) is 12.4 Å². The average Bonchev–Trinajstić information content (AvgIpc) is 1.69. The zero-order valence-electron chi connectivity index (χ0n) is 4.80. The fourth-order valence-corrected chi connectivity index (χ4v) is 0.766. The number of ether oxygens (including phenoxy) is 1. The predicted octanol–water partition coefficient (Wildman–Crippen LogP) is 0.894. The Hall–Kier alpha value is 0.210. The Labute approximate surface area is 55.8 Å². The van der Waals surface area contributed by atoms with E-state index in [0.29, 0.717) is 0 Å². The van der Waals surface area contributed by atoms with Crippen LogP contribution in [0.25, 0.3) is 0 Å². The van der Waals surface area contributed by atoms with E-state index in [-0.39, 0.29) is 18.6 Å². The van der Waals surface area contributed by atoms with Gasteiger partial charge < -0.3 is 10.5 Å². The van der Waals surface area contributed by atoms with Crippen LogP contribution in [0.4, 0.5) is 0 Å². The van der Waals surface area contributed by atoms with E-state index < -0.39 is 0 Å². The maximum Gasteiger partial charge on any atom is 0.105 e. The Bertz CT molecular complexity index is 54.4. The van der Waals surface area contributed by atoms with Crippen LogP contribution in [0.5, 0.6) is 0 Å². The minimum atomic E-state index is 0. The van der Waals surface area contributed by atoms with Crippen molar-refractivity contribution in [2.45, 2.75) is 25.5 Å². The van der Waals surface area contributed by atoms with Gasteiger partial charge in [-0.05, 0) is 19.3 Å². The molecule has 0 spiro atoms. The fraction of sp³-hybridized carbons (Fsp3) is 1.00. The quantitative estimate of drug-likeness (QED) is 0.538. The van der Waals surface area contributed by atoms with E-state index >= 15 is 0 Å². The van der Waals surface area contributed by atoms with Crippen molar-refractivity contribution in [1.29, 1.82) is 0 Å². The number of nitrogens with two attached hydrogens (primary N) is 1. The smallest absolute Gasteiger partial charge is 0.105 e. The molecular formula is C5H12ClNO. The minimum Gasteiger partial charge on any atom is -0.364 e. The van der Waals surface area contributed by atoms with Crippen molar-refractivity contribution in [3.05, 3.63) is 0 Å². The summed E-state index contributed by atoms with van der Waals surface area (Å²) in [5.41, 5.74) is 5.41. The molecule has 2 N–H and O–H groups in total. The van der Waals surface area contributed by atoms with E-state index in [2.05, 4.69) is 0 Å². The highest BCUT2D eigenvalue weighted by Gasteiger charge is 2.06. The lowest BCUT2D eigenvalue weighted by molar-refractivity contribution is 0.0206. The third-order valence-corrected chi connectivity index (χ3v) is 1.21. The average molecular weight is 138 g/mol. The van der Waals surface area contributed by atoms with E-state index in [1.54, 1.807) is 0 Å². The number of hydrogen-bond acceptors (Lipinski definition) is 2. The molecule has 0 aromatic rings. The molecule has 0 aliphatic carbocycles. The van der Waals surface area contributed by atoms with Crippen molar-refractivity contribution in [2.75, 3.05) is 6.61 Å². The first kappa shape index (κ1) is 8.21. The Morgan fingerprint density at radius 2 is 2.12 bits per heavy atom. The maximum atomic E-state index is 5.41. The van der Waals surface area contributed by atoms with E-state index in [1.165, 1.54) is 12.8 Å². The van der Waals surface area contributed by atoms with Crippen LogP contribution in [-0.4, -0.2) is 12.8 Å². The van der Waals surface area contributed by atoms with Gasteiger partial charge in [-0.2, -0.15) is 0 Å². The minimum absolute atomic E-state index is 0. The predicted molar refractivity (Wildman–Crippen MR) is 35.0 cm³/mol. The summed E-state index contributed by atoms with van der Waals surface area (Å²) in [6.07, 6.45) is 3.50. The molecule has 3 heteroatoms. The van der Waals surface area contributed by atoms with Gasteiger partial charge in [0.15, 0.2) is 0 Å². The topological polar surface area (TPSA) is 35.2 Å². The first-order valence-corrected chi connectivity index (χ1v) is 2.77. The summed E-state index contributed by atoms with van der Waals surface area (Å²) in [7, 11) is 0. The Morgan fingerprint density at radius 1 is 1.38 bits per heavy atom. The van der Waals surface area contributed by atoms with E-state index in [9.17, 15) is 0 Å². The molecule has 1 aliphatic heterocycles. The van der Waals surface area contributed by atoms with Crippen LogP contribution in [0.1, 0.15) is 19.3 Å². The van der Waals surface area contributed by atoms with Crippen LogP contribution in [0.2, 0.25) is 0 Å². The van der Waals surface area contributed by atoms with Crippen molar-refractivity contribution < 1.29 is 4.74 Å². The molecule has 1 heterocycles. The third-order valence-electron chi connectivity index (χ3n) is 1.21. The van der Waals surface area contributed by atoms with Crippen molar-refractivity contribution >= 4 is 12.4 Å². The molecule has 1 atom stereocenters. The largest absolute Gasteiger partial charge is 0.364 e. The van der Waals surface area contributed by atoms with Gasteiger partial charge in [0.25, 0.3) is 0 Å². The van der Waals surface area contributed by atoms with Crippen LogP contribution >= 0.6 is 12.4 Å². The molecule has 1 unspecified atom stereocenters. The molecule has 0 radical (unpaired) electrons. The second-order valence-electron chi connectivity index (χ2n) is 1.91. The van der Waals surface area contributed by atoms with Gasteiger partial charge >= 0.3 is 0 Å². The highest BCUT2D eigenvalue weighted by atomic mass is 35.5. The summed E-state index contributed by atoms with van der Waals surface area (Å²) < 4.78 is 5.06. The van der Waals surface area contributed by atoms with Crippen molar-refractivity contribution in [3.8, 4) is 0 Å². The highest BCUT2D eigenvalue weighted by Crippen LogP contribution is 2.06. The molecule has 1 aliphatic rings. The van der Waals surface area contributed by atoms with Gasteiger partial charge in [-0.25, -0.2) is 0 Å². The molecule has 0 amide bonds. The highest BCUT2D eigenvalue weighted by molar-refractivity contribution is 5.85. The van der Waals surface area contributed by atoms with Gasteiger partial charge in [0, 0.05) is 6.61 Å². The number of rotatable bonds is 0. The van der Waals surface area contributed by atoms with Crippen molar-refractivity contribution in [2.24, 2.45) is 5.73 Å². The van der Waals surface area contributed by atoms with Crippen LogP contribution < -0.4 is 5.73 Å². The first-order chi connectivity index (χ1) is 3.39. The second kappa shape index (κ2) is 4.13. The second-order valence-corrected chi connectivity index (χ2v) is 1.91. The Balaban J connectivity index is 0.000000490. The molecule has 0 saturated carbocycles. The van der Waals surface area contributed by atoms with E-state index in [0.717, 1.165) is 13.0 Å². The van der Waals surface area contributed by atoms with E-state index in [4.69, 9.17) is 10.5 Å². The monoisotopic (exact) mass is 137 g/mol. The Kier molecular flexibility index (Phi) is 4.23. The van der Waals surface area contributed by atoms with Gasteiger partial charge in [0.2, 0.25) is 0 Å². The standard InChI is InChI=1S/C5H11NO.ClH/c6-5-3-1-2-4-7-5;/h5H,1-4,6H2;1H. The van der Waals surface area contributed by atoms with Gasteiger partial charge in [0.1, 0.15) is 6.23 Å². The van der Waals surface area contributed by atoms with Crippen molar-refractivity contribution in [1.82, 2.24) is 0 Å². The fourth-order valence-electron chi connectivity index (χ4n) is 0.766. The summed E-state index contributed by atoms with van der Waals surface area (Å²) in [6.45, 7) is 0.862. The zero-order chi connectivity index (χ0) is 5.11. The van der Waals surface area contributed by atoms with Crippen molar-refractivity contribution in [3.63, 3.8) is 0 Å². The van der Waals surface area contributed by atoms with Gasteiger partial charge in [-0.3, -0.25) is 0 Å². The first-order valence-electron chi connectivity index (χ1n) is 2.77. The summed E-state index contributed by atoms with van der Waals surface area (Å²) in [5, 5.41) is 0. The molecule has 0 bridgehead atoms. The van der Waals surface area contributed by atoms with Gasteiger partial charge in [-0.1, -0.05) is 0 Å². The maximum absolute atomic E-state index is 5.41. The number of halogens is 1. The Morgan fingerprint density at radius 3 is 2.38 bits per heavy atom. The number of hydrogen-bond donors (Lipinski definition) is 1. The summed E-state index contributed by atoms with van der Waals surface area (Å²) >= 11 is 0. The molecule has 8 heavy (non-hydrogen) atoms. The zero-order valence-corrected chi connectivity index (χ0v) is 5.62. The molecule has 1 saturated heterocycles. The molecule has 2 nitrogen and oxygen atoms in total. The third kappa shape index (κ3) is 2.50. The van der Waals surface area contributed by atoms with Crippen LogP contribution in [0.3, 0.4) is 0 Å². The molecule has 1 rings (SSSR count).